The normalized spacial score (nSPS) is 14.6. The molecule has 2 amide bonds. The van der Waals surface area contributed by atoms with Crippen molar-refractivity contribution in [2.75, 3.05) is 6.54 Å². The molecule has 1 heterocycles. The molecule has 0 radical (unpaired) electrons. The van der Waals surface area contributed by atoms with Crippen molar-refractivity contribution in [3.63, 3.8) is 0 Å². The van der Waals surface area contributed by atoms with Gasteiger partial charge in [-0.05, 0) is 31.4 Å². The van der Waals surface area contributed by atoms with Crippen LogP contribution in [0.4, 0.5) is 0 Å². The number of carboxylic acids is 1. The van der Waals surface area contributed by atoms with Crippen LogP contribution in [0, 0.1) is 0 Å². The number of rotatable bonds is 6. The van der Waals surface area contributed by atoms with Gasteiger partial charge in [0.25, 0.3) is 11.8 Å². The van der Waals surface area contributed by atoms with E-state index in [1.807, 2.05) is 0 Å². The number of unbranched alkanes of at least 4 members (excludes halogenated alkanes) is 1. The topological polar surface area (TPSA) is 101 Å². The molecule has 1 atom stereocenters. The minimum Gasteiger partial charge on any atom is -0.480 e. The van der Waals surface area contributed by atoms with Gasteiger partial charge in [-0.2, -0.15) is 0 Å². The van der Waals surface area contributed by atoms with Gasteiger partial charge in [0.2, 0.25) is 0 Å². The first-order chi connectivity index (χ1) is 9.52. The summed E-state index contributed by atoms with van der Waals surface area (Å²) in [6, 6.07) is 5.82. The first kappa shape index (κ1) is 17.1. The van der Waals surface area contributed by atoms with Crippen LogP contribution in [0.5, 0.6) is 0 Å². The fourth-order valence-electron chi connectivity index (χ4n) is 2.20. The van der Waals surface area contributed by atoms with Crippen molar-refractivity contribution in [1.29, 1.82) is 0 Å². The molecule has 0 saturated carbocycles. The molecule has 1 aliphatic rings. The summed E-state index contributed by atoms with van der Waals surface area (Å²) in [5.41, 5.74) is 6.25. The van der Waals surface area contributed by atoms with Crippen molar-refractivity contribution in [2.24, 2.45) is 5.73 Å². The molecule has 0 saturated heterocycles. The third-order valence-corrected chi connectivity index (χ3v) is 3.34. The van der Waals surface area contributed by atoms with E-state index in [4.69, 9.17) is 10.8 Å². The number of aliphatic carboxylic acids is 1. The maximum Gasteiger partial charge on any atom is 0.320 e. The van der Waals surface area contributed by atoms with Gasteiger partial charge in [0.05, 0.1) is 11.1 Å². The zero-order valence-electron chi connectivity index (χ0n) is 11.3. The third kappa shape index (κ3) is 3.59. The Balaban J connectivity index is 0.00000220. The number of carboxylic acid groups (broad SMARTS) is 1. The molecular weight excluding hydrogens is 296 g/mol. The number of hydrogen-bond donors (Lipinski definition) is 2. The average molecular weight is 313 g/mol. The Bertz CT molecular complexity index is 527. The van der Waals surface area contributed by atoms with Gasteiger partial charge in [0, 0.05) is 6.54 Å². The molecule has 7 heteroatoms. The molecule has 0 aromatic heterocycles. The highest BCUT2D eigenvalue weighted by Gasteiger charge is 2.34. The number of nitrogens with zero attached hydrogens (tertiary/aromatic N) is 1. The van der Waals surface area contributed by atoms with Gasteiger partial charge in [0.1, 0.15) is 6.04 Å². The molecule has 2 rings (SSSR count). The van der Waals surface area contributed by atoms with Crippen LogP contribution in [0.1, 0.15) is 40.0 Å². The second-order valence-electron chi connectivity index (χ2n) is 4.75. The second-order valence-corrected chi connectivity index (χ2v) is 4.75. The van der Waals surface area contributed by atoms with Crippen LogP contribution in [-0.2, 0) is 4.79 Å². The Morgan fingerprint density at radius 3 is 2.14 bits per heavy atom. The summed E-state index contributed by atoms with van der Waals surface area (Å²) in [5.74, 6) is -1.60. The number of benzene rings is 1. The van der Waals surface area contributed by atoms with E-state index in [2.05, 4.69) is 0 Å². The molecule has 0 spiro atoms. The largest absolute Gasteiger partial charge is 0.480 e. The third-order valence-electron chi connectivity index (χ3n) is 3.34. The fraction of sp³-hybridized carbons (Fsp3) is 0.357. The van der Waals surface area contributed by atoms with E-state index in [9.17, 15) is 14.4 Å². The average Bonchev–Trinajstić information content (AvgIpc) is 2.68. The van der Waals surface area contributed by atoms with Crippen LogP contribution >= 0.6 is 12.4 Å². The molecule has 21 heavy (non-hydrogen) atoms. The fourth-order valence-corrected chi connectivity index (χ4v) is 2.20. The van der Waals surface area contributed by atoms with E-state index < -0.39 is 12.0 Å². The monoisotopic (exact) mass is 312 g/mol. The lowest BCUT2D eigenvalue weighted by Gasteiger charge is -2.14. The first-order valence-corrected chi connectivity index (χ1v) is 6.46. The standard InChI is InChI=1S/C14H16N2O4.ClH/c15-11(14(19)20)7-3-4-8-16-12(17)9-5-1-2-6-10(9)13(16)18;/h1-2,5-6,11H,3-4,7-8,15H2,(H,19,20);1H/t11-;/m1./s1. The van der Waals surface area contributed by atoms with Crippen molar-refractivity contribution in [3.8, 4) is 0 Å². The predicted molar refractivity (Wildman–Crippen MR) is 78.5 cm³/mol. The van der Waals surface area contributed by atoms with Crippen molar-refractivity contribution in [3.05, 3.63) is 35.4 Å². The summed E-state index contributed by atoms with van der Waals surface area (Å²) in [6.45, 7) is 0.290. The number of halogens is 1. The minimum absolute atomic E-state index is 0. The molecule has 6 nitrogen and oxygen atoms in total. The van der Waals surface area contributed by atoms with Crippen molar-refractivity contribution >= 4 is 30.2 Å². The summed E-state index contributed by atoms with van der Waals surface area (Å²) in [4.78, 5) is 35.8. The predicted octanol–water partition coefficient (Wildman–Crippen LogP) is 1.29. The number of carbonyl (C=O) groups excluding carboxylic acids is 2. The van der Waals surface area contributed by atoms with Gasteiger partial charge in [-0.15, -0.1) is 12.4 Å². The lowest BCUT2D eigenvalue weighted by molar-refractivity contribution is -0.138. The number of carbonyl (C=O) groups is 3. The van der Waals surface area contributed by atoms with Crippen LogP contribution < -0.4 is 5.73 Å². The van der Waals surface area contributed by atoms with E-state index >= 15 is 0 Å². The van der Waals surface area contributed by atoms with E-state index in [1.54, 1.807) is 24.3 Å². The van der Waals surface area contributed by atoms with Gasteiger partial charge in [-0.25, -0.2) is 0 Å². The molecule has 3 N–H and O–H groups in total. The van der Waals surface area contributed by atoms with Crippen LogP contribution in [0.3, 0.4) is 0 Å². The second kappa shape index (κ2) is 7.19. The molecule has 1 aromatic carbocycles. The molecule has 0 bridgehead atoms. The number of imide groups is 1. The van der Waals surface area contributed by atoms with Gasteiger partial charge in [-0.3, -0.25) is 19.3 Å². The van der Waals surface area contributed by atoms with Gasteiger partial charge in [0.15, 0.2) is 0 Å². The molecule has 0 fully saturated rings. The van der Waals surface area contributed by atoms with E-state index in [1.165, 1.54) is 4.90 Å². The molecular formula is C14H17ClN2O4. The molecule has 114 valence electrons. The van der Waals surface area contributed by atoms with Crippen molar-refractivity contribution in [1.82, 2.24) is 4.90 Å². The van der Waals surface area contributed by atoms with E-state index in [0.29, 0.717) is 36.9 Å². The van der Waals surface area contributed by atoms with E-state index in [-0.39, 0.29) is 24.2 Å². The molecule has 1 aromatic rings. The first-order valence-electron chi connectivity index (χ1n) is 6.46. The number of hydrogen-bond acceptors (Lipinski definition) is 4. The SMILES string of the molecule is Cl.N[C@H](CCCCN1C(=O)c2ccccc2C1=O)C(=O)O. The smallest absolute Gasteiger partial charge is 0.320 e. The number of amides is 2. The van der Waals surface area contributed by atoms with Crippen LogP contribution in [0.2, 0.25) is 0 Å². The summed E-state index contributed by atoms with van der Waals surface area (Å²) in [5, 5.41) is 8.65. The Kier molecular flexibility index (Phi) is 5.87. The zero-order chi connectivity index (χ0) is 14.7. The Labute approximate surface area is 128 Å². The highest BCUT2D eigenvalue weighted by molar-refractivity contribution is 6.21. The highest BCUT2D eigenvalue weighted by atomic mass is 35.5. The molecule has 0 unspecified atom stereocenters. The zero-order valence-corrected chi connectivity index (χ0v) is 12.1. The lowest BCUT2D eigenvalue weighted by Crippen LogP contribution is -2.32. The maximum absolute atomic E-state index is 12.0. The Hall–Kier alpha value is -1.92. The lowest BCUT2D eigenvalue weighted by atomic mass is 10.1. The van der Waals surface area contributed by atoms with Gasteiger partial charge < -0.3 is 10.8 Å². The number of nitrogens with two attached hydrogens (primary N) is 1. The summed E-state index contributed by atoms with van der Waals surface area (Å²) < 4.78 is 0. The van der Waals surface area contributed by atoms with Gasteiger partial charge in [-0.1, -0.05) is 12.1 Å². The quantitative estimate of drug-likeness (QED) is 0.609. The Morgan fingerprint density at radius 2 is 1.67 bits per heavy atom. The van der Waals surface area contributed by atoms with Crippen molar-refractivity contribution in [2.45, 2.75) is 25.3 Å². The summed E-state index contributed by atoms with van der Waals surface area (Å²) in [7, 11) is 0. The molecule has 0 aliphatic carbocycles. The Morgan fingerprint density at radius 1 is 1.14 bits per heavy atom. The number of fused-ring (bicyclic) bond motifs is 1. The molecule has 1 aliphatic heterocycles. The van der Waals surface area contributed by atoms with Crippen LogP contribution in [0.15, 0.2) is 24.3 Å². The highest BCUT2D eigenvalue weighted by Crippen LogP contribution is 2.22. The minimum atomic E-state index is -1.04. The van der Waals surface area contributed by atoms with E-state index in [0.717, 1.165) is 0 Å². The maximum atomic E-state index is 12.0. The van der Waals surface area contributed by atoms with Crippen LogP contribution in [0.25, 0.3) is 0 Å². The summed E-state index contributed by atoms with van der Waals surface area (Å²) >= 11 is 0. The van der Waals surface area contributed by atoms with Crippen LogP contribution in [-0.4, -0.2) is 40.4 Å². The summed E-state index contributed by atoms with van der Waals surface area (Å²) in [6.07, 6.45) is 1.44. The van der Waals surface area contributed by atoms with Crippen molar-refractivity contribution < 1.29 is 19.5 Å². The van der Waals surface area contributed by atoms with Gasteiger partial charge >= 0.3 is 5.97 Å².